The lowest BCUT2D eigenvalue weighted by molar-refractivity contribution is 0.372. The maximum absolute atomic E-state index is 5.42. The number of aliphatic imine (C=N–C) groups is 1. The Balaban J connectivity index is 0.993. The molecule has 0 saturated heterocycles. The summed E-state index contributed by atoms with van der Waals surface area (Å²) in [7, 11) is 0. The lowest BCUT2D eigenvalue weighted by Crippen LogP contribution is -2.49. The van der Waals surface area contributed by atoms with Crippen molar-refractivity contribution in [2.75, 3.05) is 4.90 Å². The average molecular weight is 771 g/mol. The number of benzene rings is 6. The van der Waals surface area contributed by atoms with Crippen LogP contribution in [0, 0.1) is 5.92 Å². The van der Waals surface area contributed by atoms with Gasteiger partial charge < -0.3 is 10.2 Å². The van der Waals surface area contributed by atoms with Gasteiger partial charge >= 0.3 is 0 Å². The van der Waals surface area contributed by atoms with Crippen LogP contribution in [0.15, 0.2) is 193 Å². The number of para-hydroxylation sites is 1. The van der Waals surface area contributed by atoms with Gasteiger partial charge in [-0.3, -0.25) is 5.32 Å². The number of aryl methyl sites for hydroxylation is 1. The van der Waals surface area contributed by atoms with E-state index in [1.165, 1.54) is 67.9 Å². The highest BCUT2D eigenvalue weighted by Gasteiger charge is 2.42. The number of rotatable bonds is 6. The summed E-state index contributed by atoms with van der Waals surface area (Å²) in [6, 6.07) is 57.6. The molecule has 7 unspecified atom stereocenters. The number of nitrogens with zero attached hydrogens (tertiary/aromatic N) is 2. The van der Waals surface area contributed by atoms with Crippen LogP contribution in [0.25, 0.3) is 16.7 Å². The van der Waals surface area contributed by atoms with Crippen LogP contribution in [0.1, 0.15) is 64.2 Å². The van der Waals surface area contributed by atoms with Gasteiger partial charge in [0.15, 0.2) is 0 Å². The Bertz CT molecular complexity index is 2590. The molecule has 2 heterocycles. The third-order valence-electron chi connectivity index (χ3n) is 13.1. The molecule has 5 heteroatoms. The van der Waals surface area contributed by atoms with Crippen molar-refractivity contribution in [3.05, 3.63) is 221 Å². The van der Waals surface area contributed by atoms with Crippen molar-refractivity contribution in [1.82, 2.24) is 10.6 Å². The molecule has 3 aliphatic carbocycles. The van der Waals surface area contributed by atoms with Crippen molar-refractivity contribution < 1.29 is 0 Å². The molecule has 0 bridgehead atoms. The largest absolute Gasteiger partial charge is 0.350 e. The van der Waals surface area contributed by atoms with Crippen molar-refractivity contribution in [3.8, 4) is 11.1 Å². The van der Waals surface area contributed by atoms with Crippen LogP contribution in [0.3, 0.4) is 0 Å². The van der Waals surface area contributed by atoms with E-state index >= 15 is 0 Å². The fourth-order valence-electron chi connectivity index (χ4n) is 10.3. The summed E-state index contributed by atoms with van der Waals surface area (Å²) in [4.78, 5) is 7.98. The van der Waals surface area contributed by atoms with Gasteiger partial charge in [0, 0.05) is 33.7 Å². The van der Waals surface area contributed by atoms with Gasteiger partial charge in [-0.05, 0) is 106 Å². The monoisotopic (exact) mass is 770 g/mol. The van der Waals surface area contributed by atoms with E-state index in [1.54, 1.807) is 0 Å². The number of nitrogens with one attached hydrogen (secondary N) is 2. The van der Waals surface area contributed by atoms with Crippen molar-refractivity contribution in [2.45, 2.75) is 54.7 Å². The first-order valence-corrected chi connectivity index (χ1v) is 21.3. The minimum atomic E-state index is -0.231. The molecule has 6 aromatic carbocycles. The molecule has 0 saturated carbocycles. The molecule has 0 radical (unpaired) electrons. The molecule has 0 spiro atoms. The van der Waals surface area contributed by atoms with E-state index < -0.39 is 0 Å². The zero-order valence-corrected chi connectivity index (χ0v) is 33.2. The Hall–Kier alpha value is -5.88. The van der Waals surface area contributed by atoms with E-state index in [0.717, 1.165) is 24.2 Å². The van der Waals surface area contributed by atoms with Crippen molar-refractivity contribution in [3.63, 3.8) is 0 Å². The first kappa shape index (κ1) is 35.3. The van der Waals surface area contributed by atoms with Crippen LogP contribution in [-0.4, -0.2) is 23.3 Å². The van der Waals surface area contributed by atoms with Gasteiger partial charge in [-0.15, -0.1) is 0 Å². The number of anilines is 2. The summed E-state index contributed by atoms with van der Waals surface area (Å²) in [5, 5.41) is 7.79. The maximum Gasteiger partial charge on any atom is 0.131 e. The van der Waals surface area contributed by atoms with Crippen LogP contribution in [0.2, 0.25) is 0 Å². The summed E-state index contributed by atoms with van der Waals surface area (Å²) in [5.41, 5.74) is 15.4. The molecule has 58 heavy (non-hydrogen) atoms. The number of hydrogen-bond donors (Lipinski definition) is 3. The molecule has 7 atom stereocenters. The van der Waals surface area contributed by atoms with Gasteiger partial charge in [0.1, 0.15) is 18.2 Å². The number of thiol groups is 1. The Labute approximate surface area is 347 Å². The van der Waals surface area contributed by atoms with Gasteiger partial charge in [0.2, 0.25) is 0 Å². The van der Waals surface area contributed by atoms with Gasteiger partial charge in [0.05, 0.1) is 6.04 Å². The first-order valence-electron chi connectivity index (χ1n) is 20.8. The highest BCUT2D eigenvalue weighted by Crippen LogP contribution is 2.54. The summed E-state index contributed by atoms with van der Waals surface area (Å²) in [5.74, 6) is 2.12. The molecule has 284 valence electrons. The van der Waals surface area contributed by atoms with Crippen molar-refractivity contribution in [2.24, 2.45) is 10.9 Å². The van der Waals surface area contributed by atoms with E-state index in [1.807, 2.05) is 0 Å². The van der Waals surface area contributed by atoms with Gasteiger partial charge in [0.25, 0.3) is 0 Å². The first-order chi connectivity index (χ1) is 28.7. The molecule has 2 N–H and O–H groups in total. The molecule has 0 aromatic heterocycles. The normalized spacial score (nSPS) is 25.6. The lowest BCUT2D eigenvalue weighted by Gasteiger charge is -2.42. The second kappa shape index (κ2) is 14.8. The predicted molar refractivity (Wildman–Crippen MR) is 243 cm³/mol. The quantitative estimate of drug-likeness (QED) is 0.117. The summed E-state index contributed by atoms with van der Waals surface area (Å²) in [6.07, 6.45) is 12.6. The van der Waals surface area contributed by atoms with E-state index in [4.69, 9.17) is 17.6 Å². The fraction of sp³-hybridized carbons (Fsp3) is 0.189. The number of fused-ring (bicyclic) bond motifs is 6. The molecule has 6 aromatic rings. The van der Waals surface area contributed by atoms with E-state index in [9.17, 15) is 0 Å². The second-order valence-electron chi connectivity index (χ2n) is 16.3. The third kappa shape index (κ3) is 6.25. The highest BCUT2D eigenvalue weighted by atomic mass is 32.1. The third-order valence-corrected chi connectivity index (χ3v) is 13.6. The van der Waals surface area contributed by atoms with Gasteiger partial charge in [-0.25, -0.2) is 4.99 Å². The number of amidine groups is 1. The van der Waals surface area contributed by atoms with Crippen molar-refractivity contribution in [1.29, 1.82) is 0 Å². The second-order valence-corrected chi connectivity index (χ2v) is 16.9. The zero-order chi connectivity index (χ0) is 38.6. The summed E-state index contributed by atoms with van der Waals surface area (Å²) >= 11 is 5.28. The Morgan fingerprint density at radius 2 is 1.36 bits per heavy atom. The number of allylic oxidation sites excluding steroid dienone is 1. The van der Waals surface area contributed by atoms with Crippen LogP contribution in [0.5, 0.6) is 0 Å². The van der Waals surface area contributed by atoms with Crippen LogP contribution >= 0.6 is 12.6 Å². The molecular weight excluding hydrogens is 725 g/mol. The Kier molecular flexibility index (Phi) is 9.01. The molecule has 2 aliphatic heterocycles. The van der Waals surface area contributed by atoms with Crippen molar-refractivity contribution >= 4 is 35.4 Å². The predicted octanol–water partition coefficient (Wildman–Crippen LogP) is 11.5. The molecular formula is C53H46N4S. The average Bonchev–Trinajstić information content (AvgIpc) is 3.62. The minimum absolute atomic E-state index is 0.106. The SMILES string of the molecule is SC1C=CC2CCc3ccccc3C2C1c1ccc2c(c1)C1=CC(C3N=C(c4ccc(-c5ccccc5)cc4)NC(c4ccccc4)N3)=CCC1N2c1ccccc1. The Morgan fingerprint density at radius 1 is 0.655 bits per heavy atom. The highest BCUT2D eigenvalue weighted by molar-refractivity contribution is 7.81. The van der Waals surface area contributed by atoms with E-state index in [2.05, 4.69) is 198 Å². The topological polar surface area (TPSA) is 39.7 Å². The minimum Gasteiger partial charge on any atom is -0.350 e. The lowest BCUT2D eigenvalue weighted by atomic mass is 9.64. The van der Waals surface area contributed by atoms with E-state index in [0.29, 0.717) is 11.8 Å². The standard InChI is InChI=1S/C53H46N4S/c58-48-31-28-37-23-22-36-14-10-11-19-43(36)49(37)50(48)40-26-29-46-44(32-40)45-33-41(27-30-47(45)57(46)42-17-8-3-9-18-42)53-55-51(38-15-6-2-7-16-38)54-52(56-53)39-24-20-35(21-25-39)34-12-4-1-5-13-34/h1-21,24-29,31-33,37,47-51,53,55,58H,22-23,30H2,(H,54,56). The maximum atomic E-state index is 5.42. The number of hydrogen-bond acceptors (Lipinski definition) is 5. The van der Waals surface area contributed by atoms with Gasteiger partial charge in [-0.2, -0.15) is 12.6 Å². The van der Waals surface area contributed by atoms with E-state index in [-0.39, 0.29) is 29.5 Å². The molecule has 0 amide bonds. The Morgan fingerprint density at radius 3 is 2.17 bits per heavy atom. The molecule has 4 nitrogen and oxygen atoms in total. The molecule has 5 aliphatic rings. The van der Waals surface area contributed by atoms with Crippen LogP contribution < -0.4 is 15.5 Å². The van der Waals surface area contributed by atoms with Gasteiger partial charge in [-0.1, -0.05) is 152 Å². The van der Waals surface area contributed by atoms with Crippen LogP contribution in [-0.2, 0) is 6.42 Å². The summed E-state index contributed by atoms with van der Waals surface area (Å²) < 4.78 is 0. The fourth-order valence-corrected chi connectivity index (χ4v) is 10.8. The summed E-state index contributed by atoms with van der Waals surface area (Å²) in [6.45, 7) is 0. The zero-order valence-electron chi connectivity index (χ0n) is 32.3. The molecule has 11 rings (SSSR count). The molecule has 0 fully saturated rings. The smallest absolute Gasteiger partial charge is 0.131 e. The van der Waals surface area contributed by atoms with Crippen LogP contribution in [0.4, 0.5) is 11.4 Å².